The molecule has 1 aromatic rings. The summed E-state index contributed by atoms with van der Waals surface area (Å²) in [5, 5.41) is 6.03. The Hall–Kier alpha value is -2.08. The minimum atomic E-state index is -0.897. The van der Waals surface area contributed by atoms with Crippen molar-refractivity contribution in [2.24, 2.45) is 0 Å². The third-order valence-corrected chi connectivity index (χ3v) is 4.85. The minimum Gasteiger partial charge on any atom is -0.348 e. The maximum Gasteiger partial charge on any atom is 0.325 e. The predicted molar refractivity (Wildman–Crippen MR) is 91.6 cm³/mol. The molecule has 1 fully saturated rings. The van der Waals surface area contributed by atoms with E-state index < -0.39 is 17.5 Å². The van der Waals surface area contributed by atoms with Crippen LogP contribution in [0.25, 0.3) is 0 Å². The maximum absolute atomic E-state index is 12.5. The molecule has 4 amide bonds. The Bertz CT molecular complexity index is 658. The zero-order valence-electron chi connectivity index (χ0n) is 14.1. The van der Waals surface area contributed by atoms with Gasteiger partial charge in [-0.1, -0.05) is 43.6 Å². The second-order valence-electron chi connectivity index (χ2n) is 5.92. The number of carbonyl (C=O) groups excluding carboxylic acids is 3. The van der Waals surface area contributed by atoms with Crippen LogP contribution in [-0.4, -0.2) is 34.8 Å². The van der Waals surface area contributed by atoms with Gasteiger partial charge in [-0.2, -0.15) is 0 Å². The number of nitrogens with one attached hydrogen (secondary N) is 2. The van der Waals surface area contributed by atoms with E-state index in [-0.39, 0.29) is 18.5 Å². The van der Waals surface area contributed by atoms with Gasteiger partial charge in [-0.3, -0.25) is 14.5 Å². The van der Waals surface area contributed by atoms with Crippen LogP contribution in [-0.2, 0) is 9.59 Å². The summed E-state index contributed by atoms with van der Waals surface area (Å²) in [6.45, 7) is 5.17. The van der Waals surface area contributed by atoms with Gasteiger partial charge in [-0.15, -0.1) is 0 Å². The van der Waals surface area contributed by atoms with Crippen LogP contribution in [0.1, 0.15) is 45.2 Å². The summed E-state index contributed by atoms with van der Waals surface area (Å²) >= 11 is 6.11. The van der Waals surface area contributed by atoms with Crippen molar-refractivity contribution < 1.29 is 14.4 Å². The number of rotatable bonds is 6. The minimum absolute atomic E-state index is 0.304. The van der Waals surface area contributed by atoms with Gasteiger partial charge in [0.25, 0.3) is 5.91 Å². The summed E-state index contributed by atoms with van der Waals surface area (Å²) < 4.78 is 0. The molecule has 1 aliphatic rings. The van der Waals surface area contributed by atoms with Crippen molar-refractivity contribution in [1.82, 2.24) is 15.5 Å². The fraction of sp³-hybridized carbons (Fsp3) is 0.471. The van der Waals surface area contributed by atoms with Gasteiger partial charge in [0.2, 0.25) is 5.91 Å². The number of halogens is 1. The van der Waals surface area contributed by atoms with E-state index in [2.05, 4.69) is 10.6 Å². The van der Waals surface area contributed by atoms with E-state index in [0.717, 1.165) is 10.5 Å². The molecule has 0 unspecified atom stereocenters. The molecule has 0 saturated carbocycles. The zero-order valence-corrected chi connectivity index (χ0v) is 14.8. The van der Waals surface area contributed by atoms with E-state index in [1.165, 1.54) is 0 Å². The van der Waals surface area contributed by atoms with Crippen LogP contribution in [0.15, 0.2) is 24.3 Å². The Balaban J connectivity index is 2.04. The van der Waals surface area contributed by atoms with Gasteiger partial charge >= 0.3 is 6.03 Å². The first kappa shape index (κ1) is 18.3. The second-order valence-corrected chi connectivity index (χ2v) is 6.33. The lowest BCUT2D eigenvalue weighted by Crippen LogP contribution is -2.46. The molecule has 1 heterocycles. The number of amides is 4. The van der Waals surface area contributed by atoms with Crippen molar-refractivity contribution in [2.45, 2.75) is 45.2 Å². The van der Waals surface area contributed by atoms with Crippen molar-refractivity contribution in [3.8, 4) is 0 Å². The molecule has 7 heteroatoms. The van der Waals surface area contributed by atoms with Gasteiger partial charge in [0.05, 0.1) is 6.04 Å². The summed E-state index contributed by atoms with van der Waals surface area (Å²) in [5.41, 5.74) is -0.118. The van der Waals surface area contributed by atoms with Gasteiger partial charge in [-0.05, 0) is 31.4 Å². The van der Waals surface area contributed by atoms with E-state index in [1.54, 1.807) is 13.0 Å². The average molecular weight is 352 g/mol. The van der Waals surface area contributed by atoms with Crippen LogP contribution in [0.5, 0.6) is 0 Å². The molecule has 130 valence electrons. The Kier molecular flexibility index (Phi) is 5.49. The van der Waals surface area contributed by atoms with Crippen molar-refractivity contribution in [3.63, 3.8) is 0 Å². The predicted octanol–water partition coefficient (Wildman–Crippen LogP) is 2.63. The molecule has 2 rings (SSSR count). The molecule has 1 atom stereocenters. The monoisotopic (exact) mass is 351 g/mol. The lowest BCUT2D eigenvalue weighted by molar-refractivity contribution is -0.135. The zero-order chi connectivity index (χ0) is 17.9. The lowest BCUT2D eigenvalue weighted by Gasteiger charge is -2.23. The number of benzene rings is 1. The fourth-order valence-corrected chi connectivity index (χ4v) is 3.18. The van der Waals surface area contributed by atoms with E-state index in [9.17, 15) is 14.4 Å². The van der Waals surface area contributed by atoms with E-state index in [1.807, 2.05) is 32.0 Å². The van der Waals surface area contributed by atoms with Gasteiger partial charge in [0, 0.05) is 5.02 Å². The molecule has 0 radical (unpaired) electrons. The number of urea groups is 1. The maximum atomic E-state index is 12.5. The number of imide groups is 1. The van der Waals surface area contributed by atoms with Crippen LogP contribution >= 0.6 is 11.6 Å². The van der Waals surface area contributed by atoms with E-state index >= 15 is 0 Å². The first-order valence-corrected chi connectivity index (χ1v) is 8.40. The first-order chi connectivity index (χ1) is 11.3. The van der Waals surface area contributed by atoms with Crippen molar-refractivity contribution in [3.05, 3.63) is 34.9 Å². The molecule has 24 heavy (non-hydrogen) atoms. The molecule has 6 nitrogen and oxygen atoms in total. The van der Waals surface area contributed by atoms with Crippen LogP contribution in [0.4, 0.5) is 4.79 Å². The summed E-state index contributed by atoms with van der Waals surface area (Å²) in [5.74, 6) is -0.757. The third kappa shape index (κ3) is 3.38. The third-order valence-electron chi connectivity index (χ3n) is 4.50. The Morgan fingerprint density at radius 1 is 1.29 bits per heavy atom. The summed E-state index contributed by atoms with van der Waals surface area (Å²) in [6, 6.07) is 6.35. The summed E-state index contributed by atoms with van der Waals surface area (Å²) in [6.07, 6.45) is 0.977. The standard InChI is InChI=1S/C17H22ClN3O3/c1-4-17(5-2)15(23)21(16(24)20-17)10-14(22)19-11(3)12-8-6-7-9-13(12)18/h6-9,11H,4-5,10H2,1-3H3,(H,19,22)(H,20,24)/t11-/m0/s1. The van der Waals surface area contributed by atoms with Crippen LogP contribution in [0.3, 0.4) is 0 Å². The number of hydrogen-bond donors (Lipinski definition) is 2. The van der Waals surface area contributed by atoms with E-state index in [4.69, 9.17) is 11.6 Å². The molecular formula is C17H22ClN3O3. The molecule has 0 aromatic heterocycles. The van der Waals surface area contributed by atoms with Crippen LogP contribution < -0.4 is 10.6 Å². The largest absolute Gasteiger partial charge is 0.348 e. The van der Waals surface area contributed by atoms with Gasteiger partial charge in [0.15, 0.2) is 0 Å². The van der Waals surface area contributed by atoms with Crippen molar-refractivity contribution in [1.29, 1.82) is 0 Å². The second kappa shape index (κ2) is 7.21. The number of hydrogen-bond acceptors (Lipinski definition) is 3. The smallest absolute Gasteiger partial charge is 0.325 e. The normalized spacial score (nSPS) is 17.6. The number of nitrogens with zero attached hydrogens (tertiary/aromatic N) is 1. The van der Waals surface area contributed by atoms with Gasteiger partial charge in [-0.25, -0.2) is 4.79 Å². The lowest BCUT2D eigenvalue weighted by atomic mass is 9.93. The molecule has 0 aliphatic carbocycles. The van der Waals surface area contributed by atoms with Gasteiger partial charge < -0.3 is 10.6 Å². The molecule has 1 saturated heterocycles. The highest BCUT2D eigenvalue weighted by molar-refractivity contribution is 6.31. The van der Waals surface area contributed by atoms with E-state index in [0.29, 0.717) is 17.9 Å². The SMILES string of the molecule is CCC1(CC)NC(=O)N(CC(=O)N[C@@H](C)c2ccccc2Cl)C1=O. The first-order valence-electron chi connectivity index (χ1n) is 8.02. The highest BCUT2D eigenvalue weighted by atomic mass is 35.5. The average Bonchev–Trinajstić information content (AvgIpc) is 2.79. The molecule has 1 aromatic carbocycles. The topological polar surface area (TPSA) is 78.5 Å². The fourth-order valence-electron chi connectivity index (χ4n) is 2.88. The summed E-state index contributed by atoms with van der Waals surface area (Å²) in [7, 11) is 0. The highest BCUT2D eigenvalue weighted by Crippen LogP contribution is 2.25. The molecule has 0 bridgehead atoms. The van der Waals surface area contributed by atoms with Crippen molar-refractivity contribution in [2.75, 3.05) is 6.54 Å². The van der Waals surface area contributed by atoms with Crippen LogP contribution in [0, 0.1) is 0 Å². The Labute approximate surface area is 146 Å². The quantitative estimate of drug-likeness (QED) is 0.773. The van der Waals surface area contributed by atoms with Gasteiger partial charge in [0.1, 0.15) is 12.1 Å². The molecule has 0 spiro atoms. The molecular weight excluding hydrogens is 330 g/mol. The van der Waals surface area contributed by atoms with Crippen LogP contribution in [0.2, 0.25) is 5.02 Å². The Morgan fingerprint density at radius 3 is 2.46 bits per heavy atom. The Morgan fingerprint density at radius 2 is 1.92 bits per heavy atom. The van der Waals surface area contributed by atoms with Crippen molar-refractivity contribution >= 4 is 29.4 Å². The summed E-state index contributed by atoms with van der Waals surface area (Å²) in [4.78, 5) is 37.8. The molecule has 1 aliphatic heterocycles. The highest BCUT2D eigenvalue weighted by Gasteiger charge is 2.49. The molecule has 2 N–H and O–H groups in total. The number of carbonyl (C=O) groups is 3.